The Bertz CT molecular complexity index is 1030. The molecule has 0 bridgehead atoms. The average molecular weight is 423 g/mol. The lowest BCUT2D eigenvalue weighted by atomic mass is 10.1. The minimum atomic E-state index is -0.306. The summed E-state index contributed by atoms with van der Waals surface area (Å²) in [4.78, 5) is 49.6. The first-order valence-corrected chi connectivity index (χ1v) is 10.7. The second kappa shape index (κ2) is 8.31. The fourth-order valence-corrected chi connectivity index (χ4v) is 3.87. The highest BCUT2D eigenvalue weighted by Gasteiger charge is 2.30. The summed E-state index contributed by atoms with van der Waals surface area (Å²) in [5.74, 6) is -0.265. The van der Waals surface area contributed by atoms with Gasteiger partial charge in [0.15, 0.2) is 0 Å². The van der Waals surface area contributed by atoms with E-state index in [-0.39, 0.29) is 41.2 Å². The highest BCUT2D eigenvalue weighted by molar-refractivity contribution is 8.14. The van der Waals surface area contributed by atoms with Crippen LogP contribution in [0.25, 0.3) is 0 Å². The van der Waals surface area contributed by atoms with Crippen molar-refractivity contribution >= 4 is 46.1 Å². The molecule has 4 amide bonds. The van der Waals surface area contributed by atoms with Crippen molar-refractivity contribution in [2.24, 2.45) is 5.92 Å². The SMILES string of the molecule is Cc1ccc(NC(=O)C2CC2)cc1NC(=O)c1cccc(CN2C(=O)CSC2=O)c1. The molecular weight excluding hydrogens is 402 g/mol. The third-order valence-electron chi connectivity index (χ3n) is 5.07. The quantitative estimate of drug-likeness (QED) is 0.737. The van der Waals surface area contributed by atoms with Gasteiger partial charge in [-0.15, -0.1) is 0 Å². The third-order valence-corrected chi connectivity index (χ3v) is 5.93. The Labute approximate surface area is 178 Å². The zero-order valence-electron chi connectivity index (χ0n) is 16.4. The molecular formula is C22H21N3O4S. The molecule has 4 rings (SSSR count). The largest absolute Gasteiger partial charge is 0.326 e. The minimum absolute atomic E-state index is 0.00741. The average Bonchev–Trinajstić information content (AvgIpc) is 3.53. The lowest BCUT2D eigenvalue weighted by molar-refractivity contribution is -0.125. The molecule has 0 spiro atoms. The van der Waals surface area contributed by atoms with Crippen molar-refractivity contribution in [1.82, 2.24) is 4.90 Å². The molecule has 2 aromatic carbocycles. The van der Waals surface area contributed by atoms with Gasteiger partial charge in [-0.2, -0.15) is 0 Å². The maximum Gasteiger partial charge on any atom is 0.289 e. The van der Waals surface area contributed by atoms with E-state index in [4.69, 9.17) is 0 Å². The van der Waals surface area contributed by atoms with E-state index in [0.29, 0.717) is 22.5 Å². The fraction of sp³-hybridized carbons (Fsp3) is 0.273. The molecule has 1 saturated heterocycles. The number of hydrogen-bond acceptors (Lipinski definition) is 5. The third kappa shape index (κ3) is 4.54. The van der Waals surface area contributed by atoms with E-state index in [9.17, 15) is 19.2 Å². The summed E-state index contributed by atoms with van der Waals surface area (Å²) in [6.07, 6.45) is 1.84. The van der Waals surface area contributed by atoms with E-state index < -0.39 is 0 Å². The Hall–Kier alpha value is -3.13. The fourth-order valence-electron chi connectivity index (χ4n) is 3.15. The normalized spacial score (nSPS) is 16.0. The van der Waals surface area contributed by atoms with Crippen LogP contribution in [0, 0.1) is 12.8 Å². The Balaban J connectivity index is 1.46. The summed E-state index contributed by atoms with van der Waals surface area (Å²) in [5.41, 5.74) is 3.25. The van der Waals surface area contributed by atoms with Crippen LogP contribution in [0.3, 0.4) is 0 Å². The van der Waals surface area contributed by atoms with E-state index in [2.05, 4.69) is 10.6 Å². The molecule has 1 aliphatic carbocycles. The topological polar surface area (TPSA) is 95.6 Å². The summed E-state index contributed by atoms with van der Waals surface area (Å²) >= 11 is 0.986. The predicted octanol–water partition coefficient (Wildman–Crippen LogP) is 3.79. The van der Waals surface area contributed by atoms with Gasteiger partial charge in [-0.25, -0.2) is 0 Å². The van der Waals surface area contributed by atoms with Crippen LogP contribution in [0.5, 0.6) is 0 Å². The molecule has 2 aromatic rings. The van der Waals surface area contributed by atoms with E-state index >= 15 is 0 Å². The van der Waals surface area contributed by atoms with Crippen LogP contribution >= 0.6 is 11.8 Å². The number of hydrogen-bond donors (Lipinski definition) is 2. The summed E-state index contributed by atoms with van der Waals surface area (Å²) in [5, 5.41) is 5.49. The van der Waals surface area contributed by atoms with Crippen molar-refractivity contribution < 1.29 is 19.2 Å². The van der Waals surface area contributed by atoms with E-state index in [1.54, 1.807) is 30.3 Å². The van der Waals surface area contributed by atoms with E-state index in [1.165, 1.54) is 4.90 Å². The van der Waals surface area contributed by atoms with Gasteiger partial charge in [0.25, 0.3) is 11.1 Å². The number of benzene rings is 2. The molecule has 2 fully saturated rings. The van der Waals surface area contributed by atoms with Crippen molar-refractivity contribution in [1.29, 1.82) is 0 Å². The van der Waals surface area contributed by atoms with Crippen molar-refractivity contribution in [2.45, 2.75) is 26.3 Å². The first-order valence-electron chi connectivity index (χ1n) is 9.69. The van der Waals surface area contributed by atoms with Gasteiger partial charge in [-0.1, -0.05) is 30.0 Å². The predicted molar refractivity (Wildman–Crippen MR) is 115 cm³/mol. The molecule has 2 aliphatic rings. The number of aryl methyl sites for hydroxylation is 1. The smallest absolute Gasteiger partial charge is 0.289 e. The second-order valence-electron chi connectivity index (χ2n) is 7.48. The van der Waals surface area contributed by atoms with Crippen LogP contribution in [0.4, 0.5) is 16.2 Å². The molecule has 0 radical (unpaired) electrons. The number of amides is 4. The van der Waals surface area contributed by atoms with Crippen LogP contribution in [0.15, 0.2) is 42.5 Å². The standard InChI is InChI=1S/C22H21N3O4S/c1-13-5-8-17(23-20(27)15-6-7-15)10-18(13)24-21(28)16-4-2-3-14(9-16)11-25-19(26)12-30-22(25)29/h2-5,8-10,15H,6-7,11-12H2,1H3,(H,23,27)(H,24,28). The molecule has 8 heteroatoms. The molecule has 0 atom stereocenters. The van der Waals surface area contributed by atoms with Crippen LogP contribution in [0.2, 0.25) is 0 Å². The van der Waals surface area contributed by atoms with Gasteiger partial charge in [-0.05, 0) is 55.2 Å². The number of carbonyl (C=O) groups excluding carboxylic acids is 4. The lowest BCUT2D eigenvalue weighted by Gasteiger charge is -2.14. The van der Waals surface area contributed by atoms with E-state index in [0.717, 1.165) is 30.2 Å². The highest BCUT2D eigenvalue weighted by Crippen LogP contribution is 2.31. The molecule has 0 aromatic heterocycles. The van der Waals surface area contributed by atoms with Gasteiger partial charge >= 0.3 is 0 Å². The van der Waals surface area contributed by atoms with Crippen LogP contribution in [-0.2, 0) is 16.1 Å². The molecule has 1 heterocycles. The van der Waals surface area contributed by atoms with Crippen molar-refractivity contribution in [3.8, 4) is 0 Å². The number of rotatable bonds is 6. The Morgan fingerprint density at radius 2 is 1.90 bits per heavy atom. The van der Waals surface area contributed by atoms with Crippen molar-refractivity contribution in [2.75, 3.05) is 16.4 Å². The van der Waals surface area contributed by atoms with Gasteiger partial charge in [0.2, 0.25) is 11.8 Å². The lowest BCUT2D eigenvalue weighted by Crippen LogP contribution is -2.28. The number of thioether (sulfide) groups is 1. The molecule has 154 valence electrons. The zero-order chi connectivity index (χ0) is 21.3. The number of nitrogens with one attached hydrogen (secondary N) is 2. The molecule has 1 saturated carbocycles. The number of anilines is 2. The van der Waals surface area contributed by atoms with E-state index in [1.807, 2.05) is 19.1 Å². The summed E-state index contributed by atoms with van der Waals surface area (Å²) in [6, 6.07) is 12.3. The van der Waals surface area contributed by atoms with Gasteiger partial charge in [0, 0.05) is 22.9 Å². The Morgan fingerprint density at radius 1 is 1.10 bits per heavy atom. The monoisotopic (exact) mass is 423 g/mol. The van der Waals surface area contributed by atoms with Crippen LogP contribution in [-0.4, -0.2) is 33.6 Å². The van der Waals surface area contributed by atoms with Gasteiger partial charge in [0.05, 0.1) is 12.3 Å². The molecule has 7 nitrogen and oxygen atoms in total. The Morgan fingerprint density at radius 3 is 2.60 bits per heavy atom. The molecule has 2 N–H and O–H groups in total. The van der Waals surface area contributed by atoms with Crippen molar-refractivity contribution in [3.05, 3.63) is 59.2 Å². The van der Waals surface area contributed by atoms with Gasteiger partial charge < -0.3 is 10.6 Å². The zero-order valence-corrected chi connectivity index (χ0v) is 17.3. The second-order valence-corrected chi connectivity index (χ2v) is 8.41. The number of imide groups is 1. The molecule has 0 unspecified atom stereocenters. The summed E-state index contributed by atoms with van der Waals surface area (Å²) < 4.78 is 0. The number of nitrogens with zero attached hydrogens (tertiary/aromatic N) is 1. The molecule has 1 aliphatic heterocycles. The van der Waals surface area contributed by atoms with Crippen molar-refractivity contribution in [3.63, 3.8) is 0 Å². The van der Waals surface area contributed by atoms with Gasteiger partial charge in [0.1, 0.15) is 0 Å². The first-order chi connectivity index (χ1) is 14.4. The summed E-state index contributed by atoms with van der Waals surface area (Å²) in [7, 11) is 0. The van der Waals surface area contributed by atoms with Gasteiger partial charge in [-0.3, -0.25) is 24.1 Å². The maximum absolute atomic E-state index is 12.8. The minimum Gasteiger partial charge on any atom is -0.326 e. The van der Waals surface area contributed by atoms with Crippen LogP contribution in [0.1, 0.15) is 34.3 Å². The van der Waals surface area contributed by atoms with Crippen LogP contribution < -0.4 is 10.6 Å². The number of carbonyl (C=O) groups is 4. The molecule has 30 heavy (non-hydrogen) atoms. The summed E-state index contributed by atoms with van der Waals surface area (Å²) in [6.45, 7) is 2.02. The Kier molecular flexibility index (Phi) is 5.59. The maximum atomic E-state index is 12.8. The highest BCUT2D eigenvalue weighted by atomic mass is 32.2. The first kappa shape index (κ1) is 20.2.